The van der Waals surface area contributed by atoms with E-state index < -0.39 is 5.60 Å². The Bertz CT molecular complexity index is 238. The lowest BCUT2D eigenvalue weighted by Crippen LogP contribution is -2.52. The second kappa shape index (κ2) is 4.49. The molecule has 3 unspecified atom stereocenters. The molecule has 2 N–H and O–H groups in total. The second-order valence-electron chi connectivity index (χ2n) is 4.75. The first kappa shape index (κ1) is 12.5. The van der Waals surface area contributed by atoms with Crippen LogP contribution in [0.15, 0.2) is 0 Å². The number of rotatable bonds is 3. The molecule has 0 aromatic carbocycles. The average molecular weight is 215 g/mol. The molecule has 0 aromatic rings. The molecular weight excluding hydrogens is 194 g/mol. The topological polar surface area (TPSA) is 58.6 Å². The van der Waals surface area contributed by atoms with Crippen LogP contribution in [0.3, 0.4) is 0 Å². The molecule has 3 atom stereocenters. The summed E-state index contributed by atoms with van der Waals surface area (Å²) in [4.78, 5) is 11.8. The number of nitrogens with one attached hydrogen (secondary N) is 1. The molecule has 0 aromatic heterocycles. The van der Waals surface area contributed by atoms with E-state index in [1.807, 2.05) is 20.8 Å². The fourth-order valence-corrected chi connectivity index (χ4v) is 1.50. The van der Waals surface area contributed by atoms with Crippen LogP contribution in [-0.2, 0) is 9.53 Å². The molecule has 1 rings (SSSR count). The van der Waals surface area contributed by atoms with Gasteiger partial charge in [0.1, 0.15) is 5.60 Å². The van der Waals surface area contributed by atoms with Crippen molar-refractivity contribution in [3.05, 3.63) is 0 Å². The number of carbonyl (C=O) groups is 1. The molecule has 4 heteroatoms. The highest BCUT2D eigenvalue weighted by atomic mass is 16.5. The Morgan fingerprint density at radius 2 is 2.20 bits per heavy atom. The van der Waals surface area contributed by atoms with Crippen LogP contribution in [0, 0.1) is 5.92 Å². The van der Waals surface area contributed by atoms with Crippen molar-refractivity contribution in [2.45, 2.75) is 51.9 Å². The van der Waals surface area contributed by atoms with Gasteiger partial charge in [-0.05, 0) is 26.2 Å². The van der Waals surface area contributed by atoms with Crippen molar-refractivity contribution in [3.8, 4) is 0 Å². The van der Waals surface area contributed by atoms with Gasteiger partial charge >= 0.3 is 0 Å². The highest BCUT2D eigenvalue weighted by Crippen LogP contribution is 2.19. The van der Waals surface area contributed by atoms with Crippen LogP contribution >= 0.6 is 0 Å². The average Bonchev–Trinajstić information content (AvgIpc) is 2.51. The summed E-state index contributed by atoms with van der Waals surface area (Å²) >= 11 is 0. The van der Waals surface area contributed by atoms with Crippen LogP contribution in [0.5, 0.6) is 0 Å². The van der Waals surface area contributed by atoms with Crippen LogP contribution in [0.2, 0.25) is 0 Å². The van der Waals surface area contributed by atoms with Gasteiger partial charge in [-0.15, -0.1) is 0 Å². The van der Waals surface area contributed by atoms with Crippen molar-refractivity contribution in [1.82, 2.24) is 5.32 Å². The monoisotopic (exact) mass is 215 g/mol. The molecule has 1 heterocycles. The van der Waals surface area contributed by atoms with Gasteiger partial charge in [0.2, 0.25) is 0 Å². The van der Waals surface area contributed by atoms with Gasteiger partial charge in [-0.1, -0.05) is 13.8 Å². The fourth-order valence-electron chi connectivity index (χ4n) is 1.50. The first-order valence-electron chi connectivity index (χ1n) is 5.50. The Hall–Kier alpha value is -0.610. The van der Waals surface area contributed by atoms with E-state index in [1.165, 1.54) is 0 Å². The molecule has 1 amide bonds. The first-order valence-corrected chi connectivity index (χ1v) is 5.50. The van der Waals surface area contributed by atoms with E-state index in [2.05, 4.69) is 5.32 Å². The van der Waals surface area contributed by atoms with Crippen LogP contribution in [0.1, 0.15) is 34.1 Å². The Balaban J connectivity index is 2.55. The molecule has 1 aliphatic rings. The predicted octanol–water partition coefficient (Wildman–Crippen LogP) is 0.687. The van der Waals surface area contributed by atoms with Gasteiger partial charge in [0.05, 0.1) is 12.1 Å². The fraction of sp³-hybridized carbons (Fsp3) is 0.909. The Labute approximate surface area is 91.0 Å². The Kier molecular flexibility index (Phi) is 3.73. The molecule has 1 aliphatic heterocycles. The summed E-state index contributed by atoms with van der Waals surface area (Å²) in [5.41, 5.74) is -1.30. The summed E-state index contributed by atoms with van der Waals surface area (Å²) < 4.78 is 5.34. The zero-order valence-electron chi connectivity index (χ0n) is 9.91. The van der Waals surface area contributed by atoms with Crippen LogP contribution < -0.4 is 5.32 Å². The maximum Gasteiger partial charge on any atom is 0.252 e. The van der Waals surface area contributed by atoms with Crippen LogP contribution in [0.4, 0.5) is 0 Å². The standard InChI is InChI=1S/C11H21NO3/c1-7(2)11(4,14)10(13)12-9-5-6-15-8(9)3/h7-9,14H,5-6H2,1-4H3,(H,12,13). The molecule has 88 valence electrons. The normalized spacial score (nSPS) is 30.3. The highest BCUT2D eigenvalue weighted by molar-refractivity contribution is 5.85. The lowest BCUT2D eigenvalue weighted by atomic mass is 9.91. The van der Waals surface area contributed by atoms with Crippen molar-refractivity contribution in [2.75, 3.05) is 6.61 Å². The van der Waals surface area contributed by atoms with Crippen molar-refractivity contribution >= 4 is 5.91 Å². The summed E-state index contributed by atoms with van der Waals surface area (Å²) in [6.45, 7) is 7.81. The zero-order valence-corrected chi connectivity index (χ0v) is 9.91. The van der Waals surface area contributed by atoms with E-state index in [1.54, 1.807) is 6.92 Å². The SMILES string of the molecule is CC1OCCC1NC(=O)C(C)(O)C(C)C. The number of carbonyl (C=O) groups excluding carboxylic acids is 1. The number of aliphatic hydroxyl groups is 1. The van der Waals surface area contributed by atoms with Crippen molar-refractivity contribution in [2.24, 2.45) is 5.92 Å². The lowest BCUT2D eigenvalue weighted by Gasteiger charge is -2.28. The van der Waals surface area contributed by atoms with Gasteiger partial charge < -0.3 is 15.2 Å². The van der Waals surface area contributed by atoms with Crippen molar-refractivity contribution in [1.29, 1.82) is 0 Å². The Morgan fingerprint density at radius 3 is 2.60 bits per heavy atom. The molecule has 0 radical (unpaired) electrons. The minimum Gasteiger partial charge on any atom is -0.380 e. The van der Waals surface area contributed by atoms with Crippen LogP contribution in [-0.4, -0.2) is 35.4 Å². The Morgan fingerprint density at radius 1 is 1.60 bits per heavy atom. The van der Waals surface area contributed by atoms with Crippen LogP contribution in [0.25, 0.3) is 0 Å². The summed E-state index contributed by atoms with van der Waals surface area (Å²) in [6, 6.07) is 0.0303. The highest BCUT2D eigenvalue weighted by Gasteiger charge is 2.36. The maximum absolute atomic E-state index is 11.8. The van der Waals surface area contributed by atoms with Gasteiger partial charge in [-0.2, -0.15) is 0 Å². The molecule has 4 nitrogen and oxygen atoms in total. The quantitative estimate of drug-likeness (QED) is 0.728. The third kappa shape index (κ3) is 2.69. The van der Waals surface area contributed by atoms with E-state index >= 15 is 0 Å². The summed E-state index contributed by atoms with van der Waals surface area (Å²) in [7, 11) is 0. The third-order valence-corrected chi connectivity index (χ3v) is 3.28. The number of hydrogen-bond donors (Lipinski definition) is 2. The minimum atomic E-state index is -1.30. The van der Waals surface area contributed by atoms with Gasteiger partial charge in [-0.25, -0.2) is 0 Å². The van der Waals surface area contributed by atoms with Gasteiger partial charge in [0, 0.05) is 6.61 Å². The smallest absolute Gasteiger partial charge is 0.252 e. The van der Waals surface area contributed by atoms with Gasteiger partial charge in [0.15, 0.2) is 0 Å². The van der Waals surface area contributed by atoms with E-state index in [9.17, 15) is 9.90 Å². The molecule has 0 spiro atoms. The summed E-state index contributed by atoms with van der Waals surface area (Å²) in [5, 5.41) is 12.8. The van der Waals surface area contributed by atoms with Gasteiger partial charge in [-0.3, -0.25) is 4.79 Å². The largest absolute Gasteiger partial charge is 0.380 e. The molecule has 0 bridgehead atoms. The van der Waals surface area contributed by atoms with Crippen molar-refractivity contribution < 1.29 is 14.6 Å². The summed E-state index contributed by atoms with van der Waals surface area (Å²) in [5.74, 6) is -0.407. The van der Waals surface area contributed by atoms with E-state index in [0.29, 0.717) is 6.61 Å². The molecule has 1 fully saturated rings. The van der Waals surface area contributed by atoms with Crippen molar-refractivity contribution in [3.63, 3.8) is 0 Å². The third-order valence-electron chi connectivity index (χ3n) is 3.28. The number of ether oxygens (including phenoxy) is 1. The molecule has 1 saturated heterocycles. The molecule has 15 heavy (non-hydrogen) atoms. The van der Waals surface area contributed by atoms with Gasteiger partial charge in [0.25, 0.3) is 5.91 Å². The zero-order chi connectivity index (χ0) is 11.6. The molecular formula is C11H21NO3. The van der Waals surface area contributed by atoms with E-state index in [-0.39, 0.29) is 24.0 Å². The molecule has 0 aliphatic carbocycles. The number of amides is 1. The maximum atomic E-state index is 11.8. The van der Waals surface area contributed by atoms with E-state index in [4.69, 9.17) is 4.74 Å². The first-order chi connectivity index (χ1) is 6.85. The predicted molar refractivity (Wildman–Crippen MR) is 57.4 cm³/mol. The second-order valence-corrected chi connectivity index (χ2v) is 4.75. The number of hydrogen-bond acceptors (Lipinski definition) is 3. The summed E-state index contributed by atoms with van der Waals surface area (Å²) in [6.07, 6.45) is 0.859. The minimum absolute atomic E-state index is 0.0303. The lowest BCUT2D eigenvalue weighted by molar-refractivity contribution is -0.143. The van der Waals surface area contributed by atoms with E-state index in [0.717, 1.165) is 6.42 Å². The molecule has 0 saturated carbocycles.